The van der Waals surface area contributed by atoms with Crippen molar-refractivity contribution in [3.05, 3.63) is 66.6 Å². The van der Waals surface area contributed by atoms with Gasteiger partial charge in [0, 0.05) is 5.56 Å². The van der Waals surface area contributed by atoms with Crippen molar-refractivity contribution in [3.8, 4) is 17.1 Å². The second-order valence-electron chi connectivity index (χ2n) is 4.05. The normalized spacial score (nSPS) is 10.3. The first kappa shape index (κ1) is 11.5. The fraction of sp³-hybridized carbons (Fsp3) is 0.0667. The van der Waals surface area contributed by atoms with Gasteiger partial charge in [0.25, 0.3) is 0 Å². The summed E-state index contributed by atoms with van der Waals surface area (Å²) in [5.41, 5.74) is 2.05. The average molecular weight is 252 g/mol. The summed E-state index contributed by atoms with van der Waals surface area (Å²) in [5, 5.41) is 3.78. The molecule has 1 aromatic heterocycles. The molecular formula is C15H12N2O2. The summed E-state index contributed by atoms with van der Waals surface area (Å²) < 4.78 is 10.4. The van der Waals surface area contributed by atoms with Gasteiger partial charge in [0.05, 0.1) is 0 Å². The Morgan fingerprint density at radius 3 is 2.42 bits per heavy atom. The van der Waals surface area contributed by atoms with Gasteiger partial charge in [-0.05, 0) is 29.8 Å². The molecule has 4 nitrogen and oxygen atoms in total. The van der Waals surface area contributed by atoms with Gasteiger partial charge in [0.15, 0.2) is 0 Å². The number of ether oxygens (including phenoxy) is 1. The van der Waals surface area contributed by atoms with Crippen LogP contribution in [0.1, 0.15) is 5.56 Å². The summed E-state index contributed by atoms with van der Waals surface area (Å²) >= 11 is 0. The predicted molar refractivity (Wildman–Crippen MR) is 70.5 cm³/mol. The maximum atomic E-state index is 5.70. The van der Waals surface area contributed by atoms with Crippen LogP contribution in [0.3, 0.4) is 0 Å². The van der Waals surface area contributed by atoms with E-state index in [9.17, 15) is 0 Å². The van der Waals surface area contributed by atoms with Gasteiger partial charge in [-0.15, -0.1) is 0 Å². The molecule has 4 heteroatoms. The lowest BCUT2D eigenvalue weighted by molar-refractivity contribution is 0.306. The van der Waals surface area contributed by atoms with Gasteiger partial charge in [-0.3, -0.25) is 0 Å². The zero-order valence-electron chi connectivity index (χ0n) is 10.2. The first-order valence-corrected chi connectivity index (χ1v) is 5.95. The third-order valence-electron chi connectivity index (χ3n) is 2.72. The lowest BCUT2D eigenvalue weighted by Gasteiger charge is -2.06. The second kappa shape index (κ2) is 5.35. The van der Waals surface area contributed by atoms with E-state index in [0.717, 1.165) is 16.9 Å². The highest BCUT2D eigenvalue weighted by atomic mass is 16.5. The minimum Gasteiger partial charge on any atom is -0.489 e. The molecule has 0 unspecified atom stereocenters. The maximum Gasteiger partial charge on any atom is 0.214 e. The van der Waals surface area contributed by atoms with Crippen LogP contribution in [-0.2, 0) is 6.61 Å². The summed E-state index contributed by atoms with van der Waals surface area (Å²) in [6.07, 6.45) is 1.31. The molecule has 0 radical (unpaired) electrons. The van der Waals surface area contributed by atoms with Crippen molar-refractivity contribution < 1.29 is 9.26 Å². The smallest absolute Gasteiger partial charge is 0.214 e. The molecule has 0 saturated heterocycles. The van der Waals surface area contributed by atoms with E-state index in [2.05, 4.69) is 10.1 Å². The van der Waals surface area contributed by atoms with Crippen molar-refractivity contribution in [2.45, 2.75) is 6.61 Å². The molecule has 0 aliphatic rings. The van der Waals surface area contributed by atoms with Crippen LogP contribution in [0, 0.1) is 0 Å². The van der Waals surface area contributed by atoms with E-state index in [-0.39, 0.29) is 0 Å². The van der Waals surface area contributed by atoms with E-state index < -0.39 is 0 Å². The molecule has 1 heterocycles. The van der Waals surface area contributed by atoms with Crippen molar-refractivity contribution in [2.75, 3.05) is 0 Å². The summed E-state index contributed by atoms with van der Waals surface area (Å²) in [6, 6.07) is 17.7. The fourth-order valence-corrected chi connectivity index (χ4v) is 1.74. The molecule has 0 atom stereocenters. The Hall–Kier alpha value is -2.62. The Balaban J connectivity index is 1.67. The maximum absolute atomic E-state index is 5.70. The highest BCUT2D eigenvalue weighted by Crippen LogP contribution is 2.19. The molecule has 94 valence electrons. The van der Waals surface area contributed by atoms with Crippen molar-refractivity contribution in [2.24, 2.45) is 0 Å². The summed E-state index contributed by atoms with van der Waals surface area (Å²) in [4.78, 5) is 3.99. The van der Waals surface area contributed by atoms with Crippen molar-refractivity contribution in [3.63, 3.8) is 0 Å². The van der Waals surface area contributed by atoms with Crippen LogP contribution in [0.2, 0.25) is 0 Å². The van der Waals surface area contributed by atoms with E-state index in [1.54, 1.807) is 0 Å². The summed E-state index contributed by atoms with van der Waals surface area (Å²) in [6.45, 7) is 0.558. The molecule has 0 N–H and O–H groups in total. The Morgan fingerprint density at radius 2 is 1.74 bits per heavy atom. The molecular weight excluding hydrogens is 240 g/mol. The highest BCUT2D eigenvalue weighted by molar-refractivity contribution is 5.55. The first-order valence-electron chi connectivity index (χ1n) is 5.95. The molecule has 0 spiro atoms. The molecule has 2 aromatic carbocycles. The molecule has 3 rings (SSSR count). The van der Waals surface area contributed by atoms with Crippen LogP contribution >= 0.6 is 0 Å². The van der Waals surface area contributed by atoms with Crippen LogP contribution in [0.5, 0.6) is 5.75 Å². The van der Waals surface area contributed by atoms with E-state index >= 15 is 0 Å². The van der Waals surface area contributed by atoms with Gasteiger partial charge >= 0.3 is 0 Å². The molecule has 0 fully saturated rings. The van der Waals surface area contributed by atoms with E-state index in [0.29, 0.717) is 12.4 Å². The summed E-state index contributed by atoms with van der Waals surface area (Å²) in [5.74, 6) is 1.39. The van der Waals surface area contributed by atoms with Gasteiger partial charge in [-0.25, -0.2) is 0 Å². The predicted octanol–water partition coefficient (Wildman–Crippen LogP) is 3.32. The highest BCUT2D eigenvalue weighted by Gasteiger charge is 2.03. The van der Waals surface area contributed by atoms with Gasteiger partial charge in [0.1, 0.15) is 12.4 Å². The number of hydrogen-bond donors (Lipinski definition) is 0. The van der Waals surface area contributed by atoms with E-state index in [4.69, 9.17) is 9.26 Å². The number of nitrogens with zero attached hydrogens (tertiary/aromatic N) is 2. The average Bonchev–Trinajstić information content (AvgIpc) is 3.01. The topological polar surface area (TPSA) is 48.2 Å². The van der Waals surface area contributed by atoms with Gasteiger partial charge in [0.2, 0.25) is 12.2 Å². The molecule has 0 amide bonds. The Labute approximate surface area is 110 Å². The molecule has 0 saturated carbocycles. The third kappa shape index (κ3) is 2.80. The number of aromatic nitrogens is 2. The zero-order chi connectivity index (χ0) is 12.9. The Morgan fingerprint density at radius 1 is 0.947 bits per heavy atom. The van der Waals surface area contributed by atoms with Crippen LogP contribution < -0.4 is 4.74 Å². The van der Waals surface area contributed by atoms with Gasteiger partial charge in [-0.2, -0.15) is 4.98 Å². The number of benzene rings is 2. The number of hydrogen-bond acceptors (Lipinski definition) is 4. The molecule has 0 aliphatic carbocycles. The van der Waals surface area contributed by atoms with Crippen LogP contribution in [0.15, 0.2) is 65.5 Å². The van der Waals surface area contributed by atoms with E-state index in [1.165, 1.54) is 6.39 Å². The quantitative estimate of drug-likeness (QED) is 0.714. The lowest BCUT2D eigenvalue weighted by atomic mass is 10.2. The van der Waals surface area contributed by atoms with Crippen molar-refractivity contribution >= 4 is 0 Å². The molecule has 0 aliphatic heterocycles. The van der Waals surface area contributed by atoms with E-state index in [1.807, 2.05) is 54.6 Å². The van der Waals surface area contributed by atoms with Crippen LogP contribution in [0.4, 0.5) is 0 Å². The molecule has 19 heavy (non-hydrogen) atoms. The molecule has 0 bridgehead atoms. The van der Waals surface area contributed by atoms with Crippen LogP contribution in [-0.4, -0.2) is 10.1 Å². The second-order valence-corrected chi connectivity index (χ2v) is 4.05. The Kier molecular flexibility index (Phi) is 3.23. The standard InChI is InChI=1S/C15H12N2O2/c1-2-4-12(5-3-1)10-18-14-8-6-13(7-9-14)15-16-11-19-17-15/h1-9,11H,10H2. The Bertz CT molecular complexity index is 619. The minimum atomic E-state index is 0.558. The van der Waals surface area contributed by atoms with Gasteiger partial charge in [-0.1, -0.05) is 35.5 Å². The minimum absolute atomic E-state index is 0.558. The third-order valence-corrected chi connectivity index (χ3v) is 2.72. The largest absolute Gasteiger partial charge is 0.489 e. The van der Waals surface area contributed by atoms with Crippen LogP contribution in [0.25, 0.3) is 11.4 Å². The fourth-order valence-electron chi connectivity index (χ4n) is 1.74. The monoisotopic (exact) mass is 252 g/mol. The number of rotatable bonds is 4. The van der Waals surface area contributed by atoms with Gasteiger partial charge < -0.3 is 9.26 Å². The SMILES string of the molecule is c1ccc(COc2ccc(-c3ncon3)cc2)cc1. The first-order chi connectivity index (χ1) is 9.42. The van der Waals surface area contributed by atoms with Crippen molar-refractivity contribution in [1.82, 2.24) is 10.1 Å². The summed E-state index contributed by atoms with van der Waals surface area (Å²) in [7, 11) is 0. The molecule has 3 aromatic rings. The zero-order valence-corrected chi connectivity index (χ0v) is 10.2. The lowest BCUT2D eigenvalue weighted by Crippen LogP contribution is -1.94. The van der Waals surface area contributed by atoms with Crippen molar-refractivity contribution in [1.29, 1.82) is 0 Å².